The molecule has 0 unspecified atom stereocenters. The minimum absolute atomic E-state index is 0.0325. The Hall–Kier alpha value is -3.26. The number of anilines is 1. The van der Waals surface area contributed by atoms with Gasteiger partial charge in [-0.2, -0.15) is 0 Å². The second-order valence-electron chi connectivity index (χ2n) is 9.61. The first-order valence-corrected chi connectivity index (χ1v) is 14.0. The predicted molar refractivity (Wildman–Crippen MR) is 152 cm³/mol. The number of para-hydroxylation sites is 1. The van der Waals surface area contributed by atoms with Crippen molar-refractivity contribution in [1.29, 1.82) is 0 Å². The van der Waals surface area contributed by atoms with Crippen LogP contribution in [0.4, 0.5) is 10.1 Å². The Labute approximate surface area is 232 Å². The van der Waals surface area contributed by atoms with Crippen LogP contribution in [-0.2, 0) is 19.6 Å². The highest BCUT2D eigenvalue weighted by Gasteiger charge is 2.25. The van der Waals surface area contributed by atoms with Gasteiger partial charge >= 0.3 is 0 Å². The van der Waals surface area contributed by atoms with Gasteiger partial charge in [0.1, 0.15) is 16.5 Å². The molecule has 1 fully saturated rings. The highest BCUT2D eigenvalue weighted by atomic mass is 35.5. The Bertz CT molecular complexity index is 1320. The number of thiazole rings is 1. The number of rotatable bonds is 8. The van der Waals surface area contributed by atoms with E-state index in [4.69, 9.17) is 16.6 Å². The highest BCUT2D eigenvalue weighted by molar-refractivity contribution is 7.09. The SMILES string of the molecule is Cc1ccc(CN(Cc2ccc(F)cc2)Cc2nc(C(=O)N3CCN(c4ccccc4Cl)CC3)cs2)cc1. The fraction of sp³-hybridized carbons (Fsp3) is 0.267. The summed E-state index contributed by atoms with van der Waals surface area (Å²) in [6.45, 7) is 6.77. The van der Waals surface area contributed by atoms with E-state index in [2.05, 4.69) is 41.0 Å². The van der Waals surface area contributed by atoms with Crippen molar-refractivity contribution in [2.24, 2.45) is 0 Å². The highest BCUT2D eigenvalue weighted by Crippen LogP contribution is 2.26. The zero-order chi connectivity index (χ0) is 26.5. The van der Waals surface area contributed by atoms with E-state index in [1.807, 2.05) is 46.7 Å². The first-order valence-electron chi connectivity index (χ1n) is 12.7. The van der Waals surface area contributed by atoms with Gasteiger partial charge in [-0.3, -0.25) is 9.69 Å². The summed E-state index contributed by atoms with van der Waals surface area (Å²) in [6.07, 6.45) is 0. The van der Waals surface area contributed by atoms with Crippen LogP contribution in [0, 0.1) is 12.7 Å². The van der Waals surface area contributed by atoms with Crippen LogP contribution in [0.2, 0.25) is 5.02 Å². The number of aryl methyl sites for hydroxylation is 1. The molecule has 38 heavy (non-hydrogen) atoms. The molecule has 4 aromatic rings. The molecule has 8 heteroatoms. The Kier molecular flexibility index (Phi) is 8.37. The third-order valence-electron chi connectivity index (χ3n) is 6.74. The molecule has 1 aliphatic heterocycles. The van der Waals surface area contributed by atoms with E-state index in [0.29, 0.717) is 31.9 Å². The van der Waals surface area contributed by atoms with Crippen LogP contribution in [0.25, 0.3) is 0 Å². The molecular weight excluding hydrogens is 519 g/mol. The zero-order valence-corrected chi connectivity index (χ0v) is 22.9. The Morgan fingerprint density at radius 3 is 2.21 bits per heavy atom. The molecule has 3 aromatic carbocycles. The van der Waals surface area contributed by atoms with E-state index in [0.717, 1.165) is 40.9 Å². The Morgan fingerprint density at radius 2 is 1.55 bits per heavy atom. The molecule has 0 spiro atoms. The van der Waals surface area contributed by atoms with E-state index in [1.54, 1.807) is 0 Å². The second-order valence-corrected chi connectivity index (χ2v) is 11.0. The lowest BCUT2D eigenvalue weighted by atomic mass is 10.1. The fourth-order valence-corrected chi connectivity index (χ4v) is 5.73. The zero-order valence-electron chi connectivity index (χ0n) is 21.3. The van der Waals surface area contributed by atoms with Crippen molar-refractivity contribution in [2.75, 3.05) is 31.1 Å². The number of nitrogens with zero attached hydrogens (tertiary/aromatic N) is 4. The molecule has 0 atom stereocenters. The summed E-state index contributed by atoms with van der Waals surface area (Å²) in [7, 11) is 0. The Morgan fingerprint density at radius 1 is 0.921 bits per heavy atom. The van der Waals surface area contributed by atoms with Crippen molar-refractivity contribution in [1.82, 2.24) is 14.8 Å². The first-order chi connectivity index (χ1) is 18.4. The molecule has 1 amide bonds. The number of hydrogen-bond acceptors (Lipinski definition) is 5. The maximum atomic E-state index is 13.4. The minimum Gasteiger partial charge on any atom is -0.367 e. The van der Waals surface area contributed by atoms with Crippen LogP contribution in [-0.4, -0.2) is 46.9 Å². The van der Waals surface area contributed by atoms with E-state index in [9.17, 15) is 9.18 Å². The third kappa shape index (κ3) is 6.59. The number of halogens is 2. The average Bonchev–Trinajstić information content (AvgIpc) is 3.40. The second kappa shape index (κ2) is 12.1. The molecule has 196 valence electrons. The fourth-order valence-electron chi connectivity index (χ4n) is 4.66. The number of aromatic nitrogens is 1. The molecule has 1 aromatic heterocycles. The number of carbonyl (C=O) groups is 1. The van der Waals surface area contributed by atoms with Gasteiger partial charge in [-0.25, -0.2) is 9.37 Å². The van der Waals surface area contributed by atoms with Crippen LogP contribution in [0.3, 0.4) is 0 Å². The summed E-state index contributed by atoms with van der Waals surface area (Å²) in [5, 5.41) is 3.48. The smallest absolute Gasteiger partial charge is 0.273 e. The largest absolute Gasteiger partial charge is 0.367 e. The number of benzene rings is 3. The number of carbonyl (C=O) groups excluding carboxylic acids is 1. The number of piperazine rings is 1. The molecular formula is C30H30ClFN4OS. The van der Waals surface area contributed by atoms with Crippen molar-refractivity contribution < 1.29 is 9.18 Å². The monoisotopic (exact) mass is 548 g/mol. The predicted octanol–water partition coefficient (Wildman–Crippen LogP) is 6.41. The maximum Gasteiger partial charge on any atom is 0.273 e. The molecule has 2 heterocycles. The Balaban J connectivity index is 1.24. The lowest BCUT2D eigenvalue weighted by Gasteiger charge is -2.36. The van der Waals surface area contributed by atoms with Crippen LogP contribution in [0.5, 0.6) is 0 Å². The molecule has 1 aliphatic rings. The van der Waals surface area contributed by atoms with E-state index < -0.39 is 0 Å². The van der Waals surface area contributed by atoms with Crippen LogP contribution in [0.1, 0.15) is 32.2 Å². The van der Waals surface area contributed by atoms with Crippen LogP contribution < -0.4 is 4.90 Å². The molecule has 0 bridgehead atoms. The van der Waals surface area contributed by atoms with Crippen molar-refractivity contribution in [3.63, 3.8) is 0 Å². The number of amides is 1. The minimum atomic E-state index is -0.241. The van der Waals surface area contributed by atoms with Crippen LogP contribution in [0.15, 0.2) is 78.2 Å². The normalized spacial score (nSPS) is 13.8. The van der Waals surface area contributed by atoms with Crippen molar-refractivity contribution in [3.05, 3.63) is 116 Å². The molecule has 5 rings (SSSR count). The molecule has 5 nitrogen and oxygen atoms in total. The molecule has 1 saturated heterocycles. The first kappa shape index (κ1) is 26.4. The van der Waals surface area contributed by atoms with Gasteiger partial charge in [-0.15, -0.1) is 11.3 Å². The van der Waals surface area contributed by atoms with Gasteiger partial charge in [-0.05, 0) is 42.3 Å². The summed E-state index contributed by atoms with van der Waals surface area (Å²) in [4.78, 5) is 24.3. The van der Waals surface area contributed by atoms with Crippen molar-refractivity contribution in [2.45, 2.75) is 26.6 Å². The molecule has 0 saturated carbocycles. The van der Waals surface area contributed by atoms with Crippen LogP contribution >= 0.6 is 22.9 Å². The maximum absolute atomic E-state index is 13.4. The van der Waals surface area contributed by atoms with Gasteiger partial charge < -0.3 is 9.80 Å². The third-order valence-corrected chi connectivity index (χ3v) is 7.89. The number of hydrogen-bond donors (Lipinski definition) is 0. The molecule has 0 radical (unpaired) electrons. The van der Waals surface area contributed by atoms with E-state index >= 15 is 0 Å². The van der Waals surface area contributed by atoms with Gasteiger partial charge in [0.2, 0.25) is 0 Å². The van der Waals surface area contributed by atoms with E-state index in [-0.39, 0.29) is 11.7 Å². The quantitative estimate of drug-likeness (QED) is 0.255. The lowest BCUT2D eigenvalue weighted by molar-refractivity contribution is 0.0741. The van der Waals surface area contributed by atoms with Crippen molar-refractivity contribution in [3.8, 4) is 0 Å². The van der Waals surface area contributed by atoms with Gasteiger partial charge in [0.25, 0.3) is 5.91 Å². The summed E-state index contributed by atoms with van der Waals surface area (Å²) in [5.41, 5.74) is 4.94. The van der Waals surface area contributed by atoms with Gasteiger partial charge in [-0.1, -0.05) is 65.7 Å². The lowest BCUT2D eigenvalue weighted by Crippen LogP contribution is -2.49. The van der Waals surface area contributed by atoms with Gasteiger partial charge in [0.05, 0.1) is 17.3 Å². The molecule has 0 N–H and O–H groups in total. The average molecular weight is 549 g/mol. The van der Waals surface area contributed by atoms with E-state index in [1.165, 1.54) is 34.6 Å². The summed E-state index contributed by atoms with van der Waals surface area (Å²) >= 11 is 7.87. The molecule has 0 aliphatic carbocycles. The summed E-state index contributed by atoms with van der Waals surface area (Å²) in [6, 6.07) is 22.9. The van der Waals surface area contributed by atoms with Crippen molar-refractivity contribution >= 4 is 34.5 Å². The summed E-state index contributed by atoms with van der Waals surface area (Å²) < 4.78 is 13.4. The standard InChI is InChI=1S/C30H30ClFN4OS/c1-22-6-8-23(9-7-22)18-34(19-24-10-12-25(32)13-11-24)20-29-33-27(21-38-29)30(37)36-16-14-35(15-17-36)28-5-3-2-4-26(28)31/h2-13,21H,14-20H2,1H3. The van der Waals surface area contributed by atoms with Gasteiger partial charge in [0, 0.05) is 44.6 Å². The topological polar surface area (TPSA) is 39.7 Å². The summed E-state index contributed by atoms with van der Waals surface area (Å²) in [5.74, 6) is -0.274. The van der Waals surface area contributed by atoms with Gasteiger partial charge in [0.15, 0.2) is 0 Å².